The minimum atomic E-state index is -0.441. The third kappa shape index (κ3) is 4.30. The standard InChI is InChI=1S/C20H15Cl2N5O3S/c1-11-16(17-23-5-2-7-27(17)25-11)18(28)24-6-8-26-19(29)15(31-20(26)30)9-12-3-4-13(21)10-14(12)22/h2-5,7,9-10H,6,8H2,1H3,(H,24,28)/b15-9+. The summed E-state index contributed by atoms with van der Waals surface area (Å²) in [7, 11) is 0. The second-order valence-electron chi connectivity index (χ2n) is 6.60. The van der Waals surface area contributed by atoms with Crippen molar-refractivity contribution in [2.75, 3.05) is 13.1 Å². The molecule has 0 radical (unpaired) electrons. The van der Waals surface area contributed by atoms with E-state index >= 15 is 0 Å². The Labute approximate surface area is 191 Å². The molecular formula is C20H15Cl2N5O3S. The van der Waals surface area contributed by atoms with Gasteiger partial charge in [0.2, 0.25) is 0 Å². The number of nitrogens with one attached hydrogen (secondary N) is 1. The van der Waals surface area contributed by atoms with Gasteiger partial charge in [0, 0.05) is 35.5 Å². The summed E-state index contributed by atoms with van der Waals surface area (Å²) in [4.78, 5) is 43.1. The van der Waals surface area contributed by atoms with Gasteiger partial charge >= 0.3 is 0 Å². The molecule has 1 N–H and O–H groups in total. The average Bonchev–Trinajstić information content (AvgIpc) is 3.20. The van der Waals surface area contributed by atoms with E-state index < -0.39 is 11.1 Å². The van der Waals surface area contributed by atoms with Crippen LogP contribution in [0.5, 0.6) is 0 Å². The van der Waals surface area contributed by atoms with E-state index in [0.29, 0.717) is 32.5 Å². The van der Waals surface area contributed by atoms with Crippen molar-refractivity contribution in [2.45, 2.75) is 6.92 Å². The fourth-order valence-electron chi connectivity index (χ4n) is 3.08. The molecule has 0 spiro atoms. The topological polar surface area (TPSA) is 96.7 Å². The fraction of sp³-hybridized carbons (Fsp3) is 0.150. The summed E-state index contributed by atoms with van der Waals surface area (Å²) in [5.74, 6) is -0.814. The number of fused-ring (bicyclic) bond motifs is 1. The van der Waals surface area contributed by atoms with Gasteiger partial charge in [-0.05, 0) is 48.5 Å². The molecular weight excluding hydrogens is 461 g/mol. The Morgan fingerprint density at radius 3 is 2.87 bits per heavy atom. The first kappa shape index (κ1) is 21.4. The number of amides is 3. The van der Waals surface area contributed by atoms with Crippen molar-refractivity contribution in [3.8, 4) is 0 Å². The van der Waals surface area contributed by atoms with E-state index in [1.807, 2.05) is 0 Å². The summed E-state index contributed by atoms with van der Waals surface area (Å²) < 4.78 is 1.52. The Morgan fingerprint density at radius 1 is 1.29 bits per heavy atom. The lowest BCUT2D eigenvalue weighted by Gasteiger charge is -2.13. The monoisotopic (exact) mass is 475 g/mol. The number of thioether (sulfide) groups is 1. The zero-order chi connectivity index (χ0) is 22.1. The van der Waals surface area contributed by atoms with Gasteiger partial charge in [-0.3, -0.25) is 19.3 Å². The van der Waals surface area contributed by atoms with E-state index in [1.54, 1.807) is 49.7 Å². The normalized spacial score (nSPS) is 15.3. The molecule has 1 aliphatic rings. The predicted octanol–water partition coefficient (Wildman–Crippen LogP) is 3.81. The highest BCUT2D eigenvalue weighted by Gasteiger charge is 2.35. The molecule has 1 aromatic carbocycles. The van der Waals surface area contributed by atoms with Gasteiger partial charge in [-0.15, -0.1) is 0 Å². The first-order valence-electron chi connectivity index (χ1n) is 9.13. The first-order chi connectivity index (χ1) is 14.8. The van der Waals surface area contributed by atoms with Crippen LogP contribution in [-0.4, -0.2) is 49.6 Å². The molecule has 11 heteroatoms. The molecule has 0 aliphatic carbocycles. The molecule has 0 bridgehead atoms. The maximum atomic E-state index is 12.6. The van der Waals surface area contributed by atoms with E-state index in [0.717, 1.165) is 16.7 Å². The molecule has 3 amide bonds. The summed E-state index contributed by atoms with van der Waals surface area (Å²) in [5, 5.41) is 7.41. The first-order valence-corrected chi connectivity index (χ1v) is 10.7. The van der Waals surface area contributed by atoms with Gasteiger partial charge in [-0.2, -0.15) is 5.10 Å². The van der Waals surface area contributed by atoms with E-state index in [9.17, 15) is 14.4 Å². The molecule has 0 atom stereocenters. The van der Waals surface area contributed by atoms with Crippen molar-refractivity contribution in [3.05, 3.63) is 68.4 Å². The molecule has 4 rings (SSSR count). The van der Waals surface area contributed by atoms with Crippen molar-refractivity contribution in [1.29, 1.82) is 0 Å². The molecule has 158 valence electrons. The van der Waals surface area contributed by atoms with Crippen LogP contribution in [-0.2, 0) is 4.79 Å². The minimum Gasteiger partial charge on any atom is -0.350 e. The Bertz CT molecular complexity index is 1260. The largest absolute Gasteiger partial charge is 0.350 e. The predicted molar refractivity (Wildman–Crippen MR) is 119 cm³/mol. The van der Waals surface area contributed by atoms with Gasteiger partial charge in [0.15, 0.2) is 5.65 Å². The number of nitrogens with zero attached hydrogens (tertiary/aromatic N) is 4. The molecule has 1 fully saturated rings. The number of benzene rings is 1. The van der Waals surface area contributed by atoms with Gasteiger partial charge < -0.3 is 5.32 Å². The SMILES string of the molecule is Cc1nn2cccnc2c1C(=O)NCCN1C(=O)S/C(=C/c2ccc(Cl)cc2Cl)C1=O. The third-order valence-electron chi connectivity index (χ3n) is 4.54. The van der Waals surface area contributed by atoms with Crippen LogP contribution in [0.4, 0.5) is 4.79 Å². The van der Waals surface area contributed by atoms with Gasteiger partial charge in [0.05, 0.1) is 10.6 Å². The Hall–Kier alpha value is -2.88. The van der Waals surface area contributed by atoms with E-state index in [-0.39, 0.29) is 23.9 Å². The van der Waals surface area contributed by atoms with E-state index in [1.165, 1.54) is 4.52 Å². The summed E-state index contributed by atoms with van der Waals surface area (Å²) in [6.07, 6.45) is 4.83. The van der Waals surface area contributed by atoms with Crippen molar-refractivity contribution in [3.63, 3.8) is 0 Å². The van der Waals surface area contributed by atoms with Crippen molar-refractivity contribution in [2.24, 2.45) is 0 Å². The lowest BCUT2D eigenvalue weighted by atomic mass is 10.2. The summed E-state index contributed by atoms with van der Waals surface area (Å²) in [5.41, 5.74) is 1.91. The highest BCUT2D eigenvalue weighted by molar-refractivity contribution is 8.18. The number of carbonyl (C=O) groups excluding carboxylic acids is 3. The van der Waals surface area contributed by atoms with Crippen LogP contribution in [0.25, 0.3) is 11.7 Å². The maximum Gasteiger partial charge on any atom is 0.293 e. The Morgan fingerprint density at radius 2 is 2.10 bits per heavy atom. The minimum absolute atomic E-state index is 0.0355. The smallest absolute Gasteiger partial charge is 0.293 e. The zero-order valence-electron chi connectivity index (χ0n) is 16.1. The van der Waals surface area contributed by atoms with Gasteiger partial charge in [0.25, 0.3) is 17.1 Å². The number of rotatable bonds is 5. The maximum absolute atomic E-state index is 12.6. The zero-order valence-corrected chi connectivity index (χ0v) is 18.5. The second-order valence-corrected chi connectivity index (χ2v) is 8.44. The van der Waals surface area contributed by atoms with E-state index in [2.05, 4.69) is 15.4 Å². The second kappa shape index (κ2) is 8.70. The van der Waals surface area contributed by atoms with Crippen LogP contribution in [0.3, 0.4) is 0 Å². The number of halogens is 2. The van der Waals surface area contributed by atoms with Crippen LogP contribution >= 0.6 is 35.0 Å². The lowest BCUT2D eigenvalue weighted by molar-refractivity contribution is -0.122. The Balaban J connectivity index is 1.42. The van der Waals surface area contributed by atoms with Crippen molar-refractivity contribution >= 4 is 63.7 Å². The molecule has 3 heterocycles. The van der Waals surface area contributed by atoms with Gasteiger partial charge in [-0.1, -0.05) is 29.3 Å². The van der Waals surface area contributed by atoms with Crippen LogP contribution in [0.2, 0.25) is 10.0 Å². The number of aromatic nitrogens is 3. The summed E-state index contributed by atoms with van der Waals surface area (Å²) in [6.45, 7) is 1.84. The van der Waals surface area contributed by atoms with Crippen molar-refractivity contribution in [1.82, 2.24) is 24.8 Å². The molecule has 2 aromatic heterocycles. The van der Waals surface area contributed by atoms with Gasteiger partial charge in [0.1, 0.15) is 5.56 Å². The molecule has 1 saturated heterocycles. The van der Waals surface area contributed by atoms with Crippen LogP contribution in [0.15, 0.2) is 41.6 Å². The van der Waals surface area contributed by atoms with E-state index in [4.69, 9.17) is 23.2 Å². The fourth-order valence-corrected chi connectivity index (χ4v) is 4.40. The summed E-state index contributed by atoms with van der Waals surface area (Å²) in [6, 6.07) is 6.60. The molecule has 0 unspecified atom stereocenters. The number of aryl methyl sites for hydroxylation is 1. The van der Waals surface area contributed by atoms with Crippen LogP contribution in [0, 0.1) is 6.92 Å². The Kier molecular flexibility index (Phi) is 5.99. The molecule has 31 heavy (non-hydrogen) atoms. The highest BCUT2D eigenvalue weighted by Crippen LogP contribution is 2.33. The van der Waals surface area contributed by atoms with Crippen LogP contribution in [0.1, 0.15) is 21.6 Å². The lowest BCUT2D eigenvalue weighted by Crippen LogP contribution is -2.37. The third-order valence-corrected chi connectivity index (χ3v) is 6.01. The van der Waals surface area contributed by atoms with Crippen molar-refractivity contribution < 1.29 is 14.4 Å². The highest BCUT2D eigenvalue weighted by atomic mass is 35.5. The number of hydrogen-bond donors (Lipinski definition) is 1. The number of hydrogen-bond acceptors (Lipinski definition) is 6. The average molecular weight is 476 g/mol. The van der Waals surface area contributed by atoms with Crippen LogP contribution < -0.4 is 5.32 Å². The molecule has 8 nitrogen and oxygen atoms in total. The molecule has 0 saturated carbocycles. The summed E-state index contributed by atoms with van der Waals surface area (Å²) >= 11 is 12.9. The molecule has 1 aliphatic heterocycles. The molecule has 3 aromatic rings. The quantitative estimate of drug-likeness (QED) is 0.563. The van der Waals surface area contributed by atoms with Gasteiger partial charge in [-0.25, -0.2) is 9.50 Å². The number of carbonyl (C=O) groups is 3. The number of imide groups is 1.